The first-order chi connectivity index (χ1) is 15.7. The number of aromatic nitrogens is 6. The Morgan fingerprint density at radius 3 is 2.66 bits per heavy atom. The average Bonchev–Trinajstić information content (AvgIpc) is 3.49. The fourth-order valence-electron chi connectivity index (χ4n) is 3.69. The molecule has 5 rings (SSSR count). The van der Waals surface area contributed by atoms with Gasteiger partial charge in [0.2, 0.25) is 5.91 Å². The number of nitrogens with one attached hydrogen (secondary N) is 1. The maximum Gasteiger partial charge on any atom is 0.249 e. The normalized spacial score (nSPS) is 11.0. The summed E-state index contributed by atoms with van der Waals surface area (Å²) < 4.78 is 1.64. The van der Waals surface area contributed by atoms with Crippen molar-refractivity contribution in [2.45, 2.75) is 20.0 Å². The van der Waals surface area contributed by atoms with Crippen LogP contribution in [0.15, 0.2) is 79.5 Å². The molecule has 0 radical (unpaired) electrons. The number of pyridine rings is 1. The lowest BCUT2D eigenvalue weighted by atomic mass is 10.1. The van der Waals surface area contributed by atoms with Crippen LogP contribution in [0, 0.1) is 6.92 Å². The van der Waals surface area contributed by atoms with Crippen LogP contribution in [-0.4, -0.2) is 35.9 Å². The summed E-state index contributed by atoms with van der Waals surface area (Å²) >= 11 is 0. The van der Waals surface area contributed by atoms with E-state index in [0.29, 0.717) is 6.54 Å². The third-order valence-electron chi connectivity index (χ3n) is 5.27. The van der Waals surface area contributed by atoms with E-state index in [-0.39, 0.29) is 12.5 Å². The van der Waals surface area contributed by atoms with E-state index in [1.54, 1.807) is 34.5 Å². The maximum atomic E-state index is 13.5. The minimum atomic E-state index is -0.0866. The van der Waals surface area contributed by atoms with Gasteiger partial charge in [-0.15, -0.1) is 5.10 Å². The number of anilines is 1. The number of hydrogen-bond acceptors (Lipinski definition) is 5. The molecule has 0 aliphatic rings. The Labute approximate surface area is 184 Å². The molecule has 8 nitrogen and oxygen atoms in total. The number of rotatable bonds is 6. The second-order valence-corrected chi connectivity index (χ2v) is 7.60. The molecule has 32 heavy (non-hydrogen) atoms. The van der Waals surface area contributed by atoms with Gasteiger partial charge in [-0.25, -0.2) is 9.67 Å². The summed E-state index contributed by atoms with van der Waals surface area (Å²) in [5, 5.41) is 8.34. The molecule has 3 heterocycles. The number of nitrogens with zero attached hydrogens (tertiary/aromatic N) is 6. The predicted molar refractivity (Wildman–Crippen MR) is 122 cm³/mol. The van der Waals surface area contributed by atoms with Gasteiger partial charge in [0.15, 0.2) is 0 Å². The fourth-order valence-corrected chi connectivity index (χ4v) is 3.69. The van der Waals surface area contributed by atoms with Gasteiger partial charge in [-0.1, -0.05) is 35.5 Å². The van der Waals surface area contributed by atoms with Gasteiger partial charge < -0.3 is 9.88 Å². The lowest BCUT2D eigenvalue weighted by molar-refractivity contribution is -0.119. The molecule has 0 aliphatic heterocycles. The SMILES string of the molecule is Cc1cncc(CN(C(=O)Cn2nnc3ccccc32)c2ccc(-c3cnc[nH]3)cc2)c1. The van der Waals surface area contributed by atoms with Crippen LogP contribution in [0.4, 0.5) is 5.69 Å². The highest BCUT2D eigenvalue weighted by Gasteiger charge is 2.19. The topological polar surface area (TPSA) is 92.6 Å². The van der Waals surface area contributed by atoms with Crippen molar-refractivity contribution < 1.29 is 4.79 Å². The summed E-state index contributed by atoms with van der Waals surface area (Å²) in [6, 6.07) is 17.5. The number of H-pyrrole nitrogens is 1. The molecule has 0 bridgehead atoms. The largest absolute Gasteiger partial charge is 0.345 e. The number of carbonyl (C=O) groups excluding carboxylic acids is 1. The molecule has 0 saturated carbocycles. The number of amides is 1. The molecule has 0 spiro atoms. The molecule has 8 heteroatoms. The van der Waals surface area contributed by atoms with Gasteiger partial charge in [0, 0.05) is 18.1 Å². The summed E-state index contributed by atoms with van der Waals surface area (Å²) in [4.78, 5) is 26.7. The first-order valence-corrected chi connectivity index (χ1v) is 10.3. The quantitative estimate of drug-likeness (QED) is 0.449. The van der Waals surface area contributed by atoms with E-state index in [9.17, 15) is 4.79 Å². The van der Waals surface area contributed by atoms with Crippen molar-refractivity contribution in [3.05, 3.63) is 90.6 Å². The average molecular weight is 423 g/mol. The van der Waals surface area contributed by atoms with Crippen molar-refractivity contribution in [2.24, 2.45) is 0 Å². The number of benzene rings is 2. The fraction of sp³-hybridized carbons (Fsp3) is 0.125. The number of aromatic amines is 1. The highest BCUT2D eigenvalue weighted by Crippen LogP contribution is 2.24. The Morgan fingerprint density at radius 1 is 1.03 bits per heavy atom. The van der Waals surface area contributed by atoms with Crippen molar-refractivity contribution >= 4 is 22.6 Å². The Hall–Kier alpha value is -4.33. The Kier molecular flexibility index (Phi) is 5.17. The van der Waals surface area contributed by atoms with Gasteiger partial charge in [-0.3, -0.25) is 9.78 Å². The molecule has 0 atom stereocenters. The van der Waals surface area contributed by atoms with E-state index in [1.165, 1.54) is 0 Å². The zero-order valence-electron chi connectivity index (χ0n) is 17.5. The van der Waals surface area contributed by atoms with Gasteiger partial charge in [0.05, 0.1) is 30.3 Å². The van der Waals surface area contributed by atoms with Crippen molar-refractivity contribution in [3.8, 4) is 11.3 Å². The molecule has 0 saturated heterocycles. The standard InChI is InChI=1S/C24H21N7O/c1-17-10-18(12-25-11-17)14-30(20-8-6-19(7-9-20)22-13-26-16-27-22)24(32)15-31-23-5-3-2-4-21(23)28-29-31/h2-13,16H,14-15H2,1H3,(H,26,27). The molecule has 158 valence electrons. The van der Waals surface area contributed by atoms with Gasteiger partial charge in [-0.05, 0) is 47.9 Å². The molecule has 0 unspecified atom stereocenters. The molecule has 3 aromatic heterocycles. The third kappa shape index (κ3) is 3.98. The van der Waals surface area contributed by atoms with E-state index in [2.05, 4.69) is 25.3 Å². The van der Waals surface area contributed by atoms with Crippen LogP contribution >= 0.6 is 0 Å². The highest BCUT2D eigenvalue weighted by atomic mass is 16.2. The number of fused-ring (bicyclic) bond motifs is 1. The van der Waals surface area contributed by atoms with Crippen LogP contribution in [0.25, 0.3) is 22.3 Å². The maximum absolute atomic E-state index is 13.5. The summed E-state index contributed by atoms with van der Waals surface area (Å²) in [5.74, 6) is -0.0866. The van der Waals surface area contributed by atoms with E-state index in [0.717, 1.165) is 39.1 Å². The summed E-state index contributed by atoms with van der Waals surface area (Å²) in [6.07, 6.45) is 7.01. The van der Waals surface area contributed by atoms with Crippen LogP contribution < -0.4 is 4.90 Å². The lowest BCUT2D eigenvalue weighted by Crippen LogP contribution is -2.33. The van der Waals surface area contributed by atoms with Crippen LogP contribution in [0.1, 0.15) is 11.1 Å². The van der Waals surface area contributed by atoms with Gasteiger partial charge in [0.1, 0.15) is 12.1 Å². The predicted octanol–water partition coefficient (Wildman–Crippen LogP) is 3.76. The number of para-hydroxylation sites is 1. The van der Waals surface area contributed by atoms with Crippen LogP contribution in [-0.2, 0) is 17.9 Å². The number of carbonyl (C=O) groups is 1. The molecule has 5 aromatic rings. The van der Waals surface area contributed by atoms with Crippen molar-refractivity contribution in [1.82, 2.24) is 29.9 Å². The summed E-state index contributed by atoms with van der Waals surface area (Å²) in [5.41, 5.74) is 6.31. The second-order valence-electron chi connectivity index (χ2n) is 7.60. The van der Waals surface area contributed by atoms with Crippen molar-refractivity contribution in [1.29, 1.82) is 0 Å². The van der Waals surface area contributed by atoms with E-state index in [1.807, 2.05) is 61.5 Å². The van der Waals surface area contributed by atoms with Gasteiger partial charge in [-0.2, -0.15) is 0 Å². The van der Waals surface area contributed by atoms with Gasteiger partial charge >= 0.3 is 0 Å². The highest BCUT2D eigenvalue weighted by molar-refractivity contribution is 5.94. The van der Waals surface area contributed by atoms with E-state index >= 15 is 0 Å². The summed E-state index contributed by atoms with van der Waals surface area (Å²) in [7, 11) is 0. The van der Waals surface area contributed by atoms with Crippen molar-refractivity contribution in [2.75, 3.05) is 4.90 Å². The zero-order chi connectivity index (χ0) is 21.9. The zero-order valence-corrected chi connectivity index (χ0v) is 17.5. The monoisotopic (exact) mass is 423 g/mol. The second kappa shape index (κ2) is 8.43. The number of hydrogen-bond donors (Lipinski definition) is 1. The Morgan fingerprint density at radius 2 is 1.88 bits per heavy atom. The van der Waals surface area contributed by atoms with Crippen LogP contribution in [0.3, 0.4) is 0 Å². The molecule has 2 aromatic carbocycles. The minimum absolute atomic E-state index is 0.0854. The summed E-state index contributed by atoms with van der Waals surface area (Å²) in [6.45, 7) is 2.48. The third-order valence-corrected chi connectivity index (χ3v) is 5.27. The Balaban J connectivity index is 1.46. The molecular weight excluding hydrogens is 402 g/mol. The van der Waals surface area contributed by atoms with Crippen LogP contribution in [0.5, 0.6) is 0 Å². The molecule has 1 N–H and O–H groups in total. The van der Waals surface area contributed by atoms with Crippen LogP contribution in [0.2, 0.25) is 0 Å². The number of aryl methyl sites for hydroxylation is 1. The smallest absolute Gasteiger partial charge is 0.249 e. The molecular formula is C24H21N7O. The Bertz CT molecular complexity index is 1360. The first-order valence-electron chi connectivity index (χ1n) is 10.3. The van der Waals surface area contributed by atoms with Crippen molar-refractivity contribution in [3.63, 3.8) is 0 Å². The molecule has 0 fully saturated rings. The first kappa shape index (κ1) is 19.6. The minimum Gasteiger partial charge on any atom is -0.345 e. The number of imidazole rings is 1. The van der Waals surface area contributed by atoms with Gasteiger partial charge in [0.25, 0.3) is 0 Å². The molecule has 0 aliphatic carbocycles. The molecule has 1 amide bonds. The van der Waals surface area contributed by atoms with E-state index < -0.39 is 0 Å². The lowest BCUT2D eigenvalue weighted by Gasteiger charge is -2.23. The van der Waals surface area contributed by atoms with E-state index in [4.69, 9.17) is 0 Å².